The first kappa shape index (κ1) is 21.0. The number of methoxy groups -OCH3 is 1. The number of rotatable bonds is 7. The second kappa shape index (κ2) is 8.94. The first-order chi connectivity index (χ1) is 16.1. The highest BCUT2D eigenvalue weighted by atomic mass is 19.1. The van der Waals surface area contributed by atoms with E-state index in [-0.39, 0.29) is 6.10 Å². The van der Waals surface area contributed by atoms with Gasteiger partial charge in [-0.25, -0.2) is 13.9 Å². The minimum absolute atomic E-state index is 0.121. The summed E-state index contributed by atoms with van der Waals surface area (Å²) in [7, 11) is 1.61. The van der Waals surface area contributed by atoms with Crippen LogP contribution < -0.4 is 4.90 Å². The van der Waals surface area contributed by atoms with Crippen LogP contribution >= 0.6 is 0 Å². The lowest BCUT2D eigenvalue weighted by Crippen LogP contribution is -2.26. The van der Waals surface area contributed by atoms with Crippen molar-refractivity contribution in [2.45, 2.75) is 25.2 Å². The van der Waals surface area contributed by atoms with Crippen LogP contribution in [0, 0.1) is 5.82 Å². The zero-order chi connectivity index (χ0) is 22.8. The number of aromatic nitrogens is 4. The van der Waals surface area contributed by atoms with E-state index in [0.717, 1.165) is 5.71 Å². The van der Waals surface area contributed by atoms with Gasteiger partial charge < -0.3 is 14.3 Å². The molecule has 1 aromatic carbocycles. The molecule has 2 aliphatic heterocycles. The average molecular weight is 452 g/mol. The molecule has 0 N–H and O–H groups in total. The predicted octanol–water partition coefficient (Wildman–Crippen LogP) is 2.64. The number of halogens is 1. The fourth-order valence-electron chi connectivity index (χ4n) is 3.85. The van der Waals surface area contributed by atoms with E-state index in [4.69, 9.17) is 14.3 Å². The summed E-state index contributed by atoms with van der Waals surface area (Å²) in [6.45, 7) is 1.12. The molecular weight excluding hydrogens is 431 g/mol. The summed E-state index contributed by atoms with van der Waals surface area (Å²) >= 11 is 0. The van der Waals surface area contributed by atoms with Crippen molar-refractivity contribution < 1.29 is 23.5 Å². The molecular formula is C22H21FN6O4. The molecule has 11 heteroatoms. The zero-order valence-corrected chi connectivity index (χ0v) is 17.8. The van der Waals surface area contributed by atoms with Gasteiger partial charge in [-0.15, -0.1) is 5.10 Å². The molecule has 2 atom stereocenters. The largest absolute Gasteiger partial charge is 0.442 e. The second-order valence-electron chi connectivity index (χ2n) is 7.76. The number of ether oxygens (including phenoxy) is 2. The van der Waals surface area contributed by atoms with Gasteiger partial charge in [0.1, 0.15) is 17.6 Å². The number of hydrogen-bond acceptors (Lipinski definition) is 8. The van der Waals surface area contributed by atoms with Gasteiger partial charge in [-0.2, -0.15) is 0 Å². The maximum atomic E-state index is 15.0. The molecule has 3 aromatic rings. The normalized spacial score (nSPS) is 20.0. The standard InChI is InChI=1S/C22H21FN6O4/c1-31-13-16-9-21(26-33-16)20-5-2-14(10-24-20)18-4-3-15(8-19(18)23)29-12-17(32-22(29)30)11-28-7-6-25-27-28/h2-8,10,16-17H,9,11-13H2,1H3/t16?,17-/m0/s1. The van der Waals surface area contributed by atoms with E-state index < -0.39 is 18.0 Å². The van der Waals surface area contributed by atoms with E-state index in [0.29, 0.717) is 48.6 Å². The van der Waals surface area contributed by atoms with Gasteiger partial charge in [0.05, 0.1) is 37.3 Å². The lowest BCUT2D eigenvalue weighted by molar-refractivity contribution is 0.0208. The summed E-state index contributed by atoms with van der Waals surface area (Å²) < 4.78 is 27.0. The lowest BCUT2D eigenvalue weighted by Gasteiger charge is -2.14. The number of benzene rings is 1. The maximum Gasteiger partial charge on any atom is 0.414 e. The van der Waals surface area contributed by atoms with Gasteiger partial charge in [0.25, 0.3) is 0 Å². The first-order valence-electron chi connectivity index (χ1n) is 10.4. The Balaban J connectivity index is 1.28. The van der Waals surface area contributed by atoms with Crippen LogP contribution in [-0.2, 0) is 20.9 Å². The molecule has 2 aliphatic rings. The monoisotopic (exact) mass is 452 g/mol. The summed E-state index contributed by atoms with van der Waals surface area (Å²) in [4.78, 5) is 23.4. The molecule has 1 fully saturated rings. The summed E-state index contributed by atoms with van der Waals surface area (Å²) in [5.41, 5.74) is 2.82. The molecule has 1 saturated heterocycles. The summed E-state index contributed by atoms with van der Waals surface area (Å²) in [5, 5.41) is 11.7. The second-order valence-corrected chi connectivity index (χ2v) is 7.76. The van der Waals surface area contributed by atoms with Crippen molar-refractivity contribution in [1.82, 2.24) is 20.0 Å². The van der Waals surface area contributed by atoms with Crippen LogP contribution in [0.15, 0.2) is 54.1 Å². The van der Waals surface area contributed by atoms with Gasteiger partial charge in [-0.1, -0.05) is 16.4 Å². The number of oxime groups is 1. The molecule has 1 unspecified atom stereocenters. The molecule has 1 amide bonds. The molecule has 5 rings (SSSR count). The number of carbonyl (C=O) groups is 1. The minimum Gasteiger partial charge on any atom is -0.442 e. The third kappa shape index (κ3) is 4.40. The van der Waals surface area contributed by atoms with E-state index in [1.165, 1.54) is 11.0 Å². The SMILES string of the molecule is COCC1CC(c2ccc(-c3ccc(N4C[C@H](Cn5ccnn5)OC4=O)cc3F)cn2)=NO1. The van der Waals surface area contributed by atoms with Crippen molar-refractivity contribution in [2.75, 3.05) is 25.2 Å². The minimum atomic E-state index is -0.524. The van der Waals surface area contributed by atoms with Crippen LogP contribution in [-0.4, -0.2) is 64.3 Å². The summed E-state index contributed by atoms with van der Waals surface area (Å²) in [6.07, 6.45) is 4.40. The molecule has 0 spiro atoms. The number of anilines is 1. The number of amides is 1. The Labute approximate surface area is 188 Å². The van der Waals surface area contributed by atoms with Crippen LogP contribution in [0.3, 0.4) is 0 Å². The third-order valence-corrected chi connectivity index (χ3v) is 5.46. The smallest absolute Gasteiger partial charge is 0.414 e. The van der Waals surface area contributed by atoms with E-state index in [1.807, 2.05) is 0 Å². The van der Waals surface area contributed by atoms with Gasteiger partial charge in [0, 0.05) is 37.1 Å². The Kier molecular flexibility index (Phi) is 5.69. The average Bonchev–Trinajstić information content (AvgIpc) is 3.57. The maximum absolute atomic E-state index is 15.0. The van der Waals surface area contributed by atoms with Crippen molar-refractivity contribution in [3.63, 3.8) is 0 Å². The van der Waals surface area contributed by atoms with Crippen LogP contribution in [0.4, 0.5) is 14.9 Å². The van der Waals surface area contributed by atoms with Crippen LogP contribution in [0.2, 0.25) is 0 Å². The Hall–Kier alpha value is -3.86. The molecule has 0 aliphatic carbocycles. The number of carbonyl (C=O) groups excluding carboxylic acids is 1. The molecule has 33 heavy (non-hydrogen) atoms. The van der Waals surface area contributed by atoms with Crippen molar-refractivity contribution >= 4 is 17.5 Å². The molecule has 10 nitrogen and oxygen atoms in total. The molecule has 0 bridgehead atoms. The fraction of sp³-hybridized carbons (Fsp3) is 0.318. The van der Waals surface area contributed by atoms with Crippen LogP contribution in [0.5, 0.6) is 0 Å². The topological polar surface area (TPSA) is 104 Å². The first-order valence-corrected chi connectivity index (χ1v) is 10.4. The van der Waals surface area contributed by atoms with Crippen LogP contribution in [0.1, 0.15) is 12.1 Å². The van der Waals surface area contributed by atoms with Crippen molar-refractivity contribution in [3.8, 4) is 11.1 Å². The number of pyridine rings is 1. The Morgan fingerprint density at radius 2 is 2.15 bits per heavy atom. The molecule has 4 heterocycles. The Morgan fingerprint density at radius 3 is 2.88 bits per heavy atom. The van der Waals surface area contributed by atoms with Crippen LogP contribution in [0.25, 0.3) is 11.1 Å². The van der Waals surface area contributed by atoms with Gasteiger partial charge in [-0.05, 0) is 24.3 Å². The van der Waals surface area contributed by atoms with Gasteiger partial charge in [0.15, 0.2) is 6.10 Å². The van der Waals surface area contributed by atoms with Gasteiger partial charge in [-0.3, -0.25) is 9.88 Å². The number of hydrogen-bond donors (Lipinski definition) is 0. The Morgan fingerprint density at radius 1 is 1.24 bits per heavy atom. The molecule has 0 radical (unpaired) electrons. The van der Waals surface area contributed by atoms with Crippen molar-refractivity contribution in [1.29, 1.82) is 0 Å². The van der Waals surface area contributed by atoms with E-state index in [9.17, 15) is 9.18 Å². The zero-order valence-electron chi connectivity index (χ0n) is 17.8. The van der Waals surface area contributed by atoms with E-state index in [2.05, 4.69) is 20.5 Å². The number of cyclic esters (lactones) is 1. The quantitative estimate of drug-likeness (QED) is 0.543. The summed E-state index contributed by atoms with van der Waals surface area (Å²) in [6, 6.07) is 8.21. The predicted molar refractivity (Wildman–Crippen MR) is 115 cm³/mol. The highest BCUT2D eigenvalue weighted by Gasteiger charge is 2.33. The van der Waals surface area contributed by atoms with E-state index in [1.54, 1.807) is 54.6 Å². The highest BCUT2D eigenvalue weighted by Crippen LogP contribution is 2.29. The highest BCUT2D eigenvalue weighted by molar-refractivity contribution is 5.99. The molecule has 170 valence electrons. The third-order valence-electron chi connectivity index (χ3n) is 5.46. The van der Waals surface area contributed by atoms with Crippen molar-refractivity contribution in [3.05, 3.63) is 60.4 Å². The summed E-state index contributed by atoms with van der Waals surface area (Å²) in [5.74, 6) is -0.462. The van der Waals surface area contributed by atoms with Crippen molar-refractivity contribution in [2.24, 2.45) is 5.16 Å². The lowest BCUT2D eigenvalue weighted by atomic mass is 10.0. The number of nitrogens with zero attached hydrogens (tertiary/aromatic N) is 6. The van der Waals surface area contributed by atoms with Gasteiger partial charge >= 0.3 is 6.09 Å². The Bertz CT molecular complexity index is 1170. The molecule has 2 aromatic heterocycles. The fourth-order valence-corrected chi connectivity index (χ4v) is 3.85. The van der Waals surface area contributed by atoms with E-state index >= 15 is 0 Å². The van der Waals surface area contributed by atoms with Gasteiger partial charge in [0.2, 0.25) is 0 Å². The molecule has 0 saturated carbocycles.